The molecule has 0 aromatic rings. The number of hydrogen-bond acceptors (Lipinski definition) is 8. The molecule has 0 spiro atoms. The molecule has 1 aliphatic heterocycles. The summed E-state index contributed by atoms with van der Waals surface area (Å²) >= 11 is 0. The molecule has 1 amide bonds. The first kappa shape index (κ1) is 67.2. The average Bonchev–Trinajstić information content (AvgIpc) is 3.37. The number of unbranched alkanes of at least 4 members (excludes halogenated alkanes) is 34. The van der Waals surface area contributed by atoms with Crippen LogP contribution in [0.25, 0.3) is 0 Å². The van der Waals surface area contributed by atoms with Gasteiger partial charge in [0.05, 0.1) is 25.4 Å². The minimum atomic E-state index is -1.56. The summed E-state index contributed by atoms with van der Waals surface area (Å²) in [6.45, 7) is 3.74. The molecular formula is C62H115NO8. The van der Waals surface area contributed by atoms with E-state index in [0.717, 1.165) is 77.0 Å². The molecule has 0 aromatic heterocycles. The van der Waals surface area contributed by atoms with Crippen LogP contribution >= 0.6 is 0 Å². The van der Waals surface area contributed by atoms with Crippen molar-refractivity contribution >= 4 is 5.91 Å². The normalized spacial score (nSPS) is 19.6. The van der Waals surface area contributed by atoms with Gasteiger partial charge < -0.3 is 40.3 Å². The smallest absolute Gasteiger partial charge is 0.220 e. The van der Waals surface area contributed by atoms with E-state index in [4.69, 9.17) is 9.47 Å². The van der Waals surface area contributed by atoms with Crippen LogP contribution in [0.4, 0.5) is 0 Å². The van der Waals surface area contributed by atoms with Crippen molar-refractivity contribution in [1.29, 1.82) is 0 Å². The standard InChI is InChI=1S/C62H115NO8/c1-3-5-7-9-11-13-15-17-19-21-23-24-25-26-27-28-29-30-31-32-34-35-37-39-41-43-45-47-49-51-56(65)55(54-70-62-61(69)60(68)59(67)57(53-64)71-62)63-58(66)52-50-48-46-44-42-40-38-36-33-22-20-18-16-14-12-10-8-6-4-2/h6,8,12,14,18,20,33,36,55-57,59-62,64-65,67-69H,3-5,7,9-11,13,15-17,19,21-32,34-35,37-54H2,1-2H3,(H,63,66)/b8-6-,14-12-,20-18-,36-33-. The molecule has 0 bridgehead atoms. The molecule has 1 fully saturated rings. The maximum absolute atomic E-state index is 13.1. The number of nitrogens with one attached hydrogen (secondary N) is 1. The molecule has 1 saturated heterocycles. The summed E-state index contributed by atoms with van der Waals surface area (Å²) in [5.41, 5.74) is 0. The fraction of sp³-hybridized carbons (Fsp3) is 0.855. The van der Waals surface area contributed by atoms with E-state index < -0.39 is 49.5 Å². The van der Waals surface area contributed by atoms with Gasteiger partial charge in [0.2, 0.25) is 5.91 Å². The summed E-state index contributed by atoms with van der Waals surface area (Å²) in [6, 6.07) is -0.730. The summed E-state index contributed by atoms with van der Waals surface area (Å²) in [4.78, 5) is 13.1. The Kier molecular flexibility index (Phi) is 48.8. The van der Waals surface area contributed by atoms with Crippen molar-refractivity contribution in [1.82, 2.24) is 5.32 Å². The number of aliphatic hydroxyl groups excluding tert-OH is 5. The number of allylic oxidation sites excluding steroid dienone is 8. The number of carbonyl (C=O) groups is 1. The molecule has 0 radical (unpaired) electrons. The van der Waals surface area contributed by atoms with Crippen molar-refractivity contribution < 1.29 is 39.8 Å². The SMILES string of the molecule is CC/C=C\C/C=C\C/C=C\C/C=C\CCCCCCCCC(=O)NC(COC1OC(CO)C(O)C(O)C1O)C(O)CCCCCCCCCCCCCCCCCCCCCCCCCCCCCCC. The van der Waals surface area contributed by atoms with Crippen LogP contribution in [-0.4, -0.2) is 87.5 Å². The van der Waals surface area contributed by atoms with Gasteiger partial charge in [0.1, 0.15) is 24.4 Å². The molecule has 7 atom stereocenters. The molecule has 416 valence electrons. The molecule has 0 saturated carbocycles. The van der Waals surface area contributed by atoms with Gasteiger partial charge in [-0.25, -0.2) is 0 Å². The Labute approximate surface area is 437 Å². The number of amides is 1. The Morgan fingerprint density at radius 3 is 1.30 bits per heavy atom. The van der Waals surface area contributed by atoms with E-state index in [0.29, 0.717) is 12.8 Å². The second-order valence-corrected chi connectivity index (χ2v) is 21.1. The van der Waals surface area contributed by atoms with Gasteiger partial charge in [-0.05, 0) is 51.4 Å². The molecule has 9 heteroatoms. The first-order valence-corrected chi connectivity index (χ1v) is 30.3. The fourth-order valence-corrected chi connectivity index (χ4v) is 9.68. The largest absolute Gasteiger partial charge is 0.394 e. The maximum Gasteiger partial charge on any atom is 0.220 e. The van der Waals surface area contributed by atoms with Gasteiger partial charge >= 0.3 is 0 Å². The van der Waals surface area contributed by atoms with Crippen molar-refractivity contribution in [2.75, 3.05) is 13.2 Å². The van der Waals surface area contributed by atoms with Crippen LogP contribution < -0.4 is 5.32 Å². The van der Waals surface area contributed by atoms with E-state index in [1.807, 2.05) is 0 Å². The minimum absolute atomic E-state index is 0.144. The third-order valence-corrected chi connectivity index (χ3v) is 14.4. The molecule has 6 N–H and O–H groups in total. The highest BCUT2D eigenvalue weighted by Gasteiger charge is 2.44. The van der Waals surface area contributed by atoms with Gasteiger partial charge in [-0.15, -0.1) is 0 Å². The molecule has 1 aliphatic rings. The number of rotatable bonds is 52. The molecule has 1 rings (SSSR count). The Balaban J connectivity index is 2.17. The van der Waals surface area contributed by atoms with Crippen LogP contribution in [0.2, 0.25) is 0 Å². The maximum atomic E-state index is 13.1. The summed E-state index contributed by atoms with van der Waals surface area (Å²) in [5, 5.41) is 54.7. The van der Waals surface area contributed by atoms with Crippen molar-refractivity contribution in [2.24, 2.45) is 0 Å². The highest BCUT2D eigenvalue weighted by atomic mass is 16.7. The van der Waals surface area contributed by atoms with Crippen molar-refractivity contribution in [3.63, 3.8) is 0 Å². The zero-order valence-corrected chi connectivity index (χ0v) is 46.2. The first-order chi connectivity index (χ1) is 34.8. The lowest BCUT2D eigenvalue weighted by Gasteiger charge is -2.40. The Hall–Kier alpha value is -1.85. The van der Waals surface area contributed by atoms with Crippen LogP contribution in [0.1, 0.15) is 284 Å². The van der Waals surface area contributed by atoms with E-state index >= 15 is 0 Å². The zero-order chi connectivity index (χ0) is 51.5. The van der Waals surface area contributed by atoms with Crippen LogP contribution in [0.5, 0.6) is 0 Å². The fourth-order valence-electron chi connectivity index (χ4n) is 9.68. The second kappa shape index (κ2) is 51.6. The number of carbonyl (C=O) groups excluding carboxylic acids is 1. The Bertz CT molecular complexity index is 1250. The van der Waals surface area contributed by atoms with Crippen LogP contribution in [0.15, 0.2) is 48.6 Å². The lowest BCUT2D eigenvalue weighted by Crippen LogP contribution is -2.60. The molecule has 71 heavy (non-hydrogen) atoms. The molecule has 1 heterocycles. The molecule has 0 aliphatic carbocycles. The first-order valence-electron chi connectivity index (χ1n) is 30.3. The van der Waals surface area contributed by atoms with E-state index in [1.165, 1.54) is 180 Å². The van der Waals surface area contributed by atoms with Gasteiger partial charge in [0.25, 0.3) is 0 Å². The molecule has 9 nitrogen and oxygen atoms in total. The Morgan fingerprint density at radius 2 is 0.873 bits per heavy atom. The van der Waals surface area contributed by atoms with E-state index in [1.54, 1.807) is 0 Å². The summed E-state index contributed by atoms with van der Waals surface area (Å²) in [6.07, 6.45) is 61.5. The number of ether oxygens (including phenoxy) is 2. The quantitative estimate of drug-likeness (QED) is 0.0261. The van der Waals surface area contributed by atoms with Gasteiger partial charge in [0, 0.05) is 6.42 Å². The van der Waals surface area contributed by atoms with Gasteiger partial charge in [-0.2, -0.15) is 0 Å². The third-order valence-electron chi connectivity index (χ3n) is 14.4. The summed E-state index contributed by atoms with van der Waals surface area (Å²) in [7, 11) is 0. The molecule has 7 unspecified atom stereocenters. The van der Waals surface area contributed by atoms with Crippen LogP contribution in [-0.2, 0) is 14.3 Å². The topological polar surface area (TPSA) is 149 Å². The van der Waals surface area contributed by atoms with E-state index in [9.17, 15) is 30.3 Å². The highest BCUT2D eigenvalue weighted by Crippen LogP contribution is 2.23. The van der Waals surface area contributed by atoms with E-state index in [-0.39, 0.29) is 12.5 Å². The van der Waals surface area contributed by atoms with Crippen molar-refractivity contribution in [3.8, 4) is 0 Å². The number of aliphatic hydroxyl groups is 5. The van der Waals surface area contributed by atoms with E-state index in [2.05, 4.69) is 67.8 Å². The molecule has 0 aromatic carbocycles. The van der Waals surface area contributed by atoms with Gasteiger partial charge in [-0.1, -0.05) is 274 Å². The van der Waals surface area contributed by atoms with Gasteiger partial charge in [0.15, 0.2) is 6.29 Å². The summed E-state index contributed by atoms with van der Waals surface area (Å²) < 4.78 is 11.3. The minimum Gasteiger partial charge on any atom is -0.394 e. The number of hydrogen-bond donors (Lipinski definition) is 6. The highest BCUT2D eigenvalue weighted by molar-refractivity contribution is 5.76. The monoisotopic (exact) mass is 1000 g/mol. The van der Waals surface area contributed by atoms with Crippen LogP contribution in [0.3, 0.4) is 0 Å². The zero-order valence-electron chi connectivity index (χ0n) is 46.2. The van der Waals surface area contributed by atoms with Crippen molar-refractivity contribution in [3.05, 3.63) is 48.6 Å². The third kappa shape index (κ3) is 41.1. The molecular weight excluding hydrogens is 887 g/mol. The second-order valence-electron chi connectivity index (χ2n) is 21.1. The predicted octanol–water partition coefficient (Wildman–Crippen LogP) is 15.3. The van der Waals surface area contributed by atoms with Crippen LogP contribution in [0, 0.1) is 0 Å². The predicted molar refractivity (Wildman–Crippen MR) is 299 cm³/mol. The van der Waals surface area contributed by atoms with Crippen molar-refractivity contribution in [2.45, 2.75) is 326 Å². The lowest BCUT2D eigenvalue weighted by molar-refractivity contribution is -0.302. The Morgan fingerprint density at radius 1 is 0.493 bits per heavy atom. The van der Waals surface area contributed by atoms with Gasteiger partial charge in [-0.3, -0.25) is 4.79 Å². The lowest BCUT2D eigenvalue weighted by atomic mass is 9.99. The average molecular weight is 1000 g/mol. The summed E-state index contributed by atoms with van der Waals surface area (Å²) in [5.74, 6) is -0.156.